The molecule has 0 aliphatic carbocycles. The number of carbonyl (C=O) groups excluding carboxylic acids is 3. The average molecular weight is 615 g/mol. The highest BCUT2D eigenvalue weighted by molar-refractivity contribution is 6.39. The Labute approximate surface area is 253 Å². The van der Waals surface area contributed by atoms with Crippen LogP contribution in [0.5, 0.6) is 17.2 Å². The molecule has 14 heteroatoms. The first kappa shape index (κ1) is 29.4. The fourth-order valence-electron chi connectivity index (χ4n) is 4.17. The SMILES string of the molecule is O=C1NC(=O)N(c2ccc(OCc3ccccc3)cc2)C(=O)/C1=C/c1cc(Cl)ccc1Oc1ccc([N+](=O)[O-])cc1[N+](=O)[O-]. The molecule has 220 valence electrons. The lowest BCUT2D eigenvalue weighted by Crippen LogP contribution is -2.54. The van der Waals surface area contributed by atoms with Crippen LogP contribution < -0.4 is 19.7 Å². The standard InChI is InChI=1S/C30H19ClN4O9/c31-20-6-12-26(44-27-13-9-22(34(39)40)16-25(27)35(41)42)19(14-20)15-24-28(36)32-30(38)33(29(24)37)21-7-10-23(11-8-21)43-17-18-4-2-1-3-5-18/h1-16H,17H2,(H,32,36,38)/b24-15+. The van der Waals surface area contributed by atoms with Crippen LogP contribution in [0, 0.1) is 20.2 Å². The van der Waals surface area contributed by atoms with Crippen molar-refractivity contribution >= 4 is 52.6 Å². The molecule has 1 aliphatic rings. The van der Waals surface area contributed by atoms with Crippen molar-refractivity contribution in [3.05, 3.63) is 133 Å². The molecule has 1 heterocycles. The number of non-ortho nitro benzene ring substituents is 1. The van der Waals surface area contributed by atoms with Gasteiger partial charge < -0.3 is 9.47 Å². The quantitative estimate of drug-likeness (QED) is 0.0997. The molecule has 0 unspecified atom stereocenters. The molecule has 4 aromatic carbocycles. The van der Waals surface area contributed by atoms with Crippen molar-refractivity contribution < 1.29 is 33.7 Å². The molecule has 13 nitrogen and oxygen atoms in total. The fourth-order valence-corrected chi connectivity index (χ4v) is 4.35. The lowest BCUT2D eigenvalue weighted by Gasteiger charge is -2.26. The summed E-state index contributed by atoms with van der Waals surface area (Å²) in [5.74, 6) is -1.87. The summed E-state index contributed by atoms with van der Waals surface area (Å²) in [6.45, 7) is 0.303. The Morgan fingerprint density at radius 1 is 0.841 bits per heavy atom. The fraction of sp³-hybridized carbons (Fsp3) is 0.0333. The number of nitro groups is 2. The van der Waals surface area contributed by atoms with Crippen molar-refractivity contribution in [1.82, 2.24) is 5.32 Å². The summed E-state index contributed by atoms with van der Waals surface area (Å²) in [6, 6.07) is 21.5. The van der Waals surface area contributed by atoms with Crippen molar-refractivity contribution in [3.8, 4) is 17.2 Å². The largest absolute Gasteiger partial charge is 0.489 e. The Morgan fingerprint density at radius 2 is 1.55 bits per heavy atom. The maximum absolute atomic E-state index is 13.5. The third-order valence-electron chi connectivity index (χ3n) is 6.29. The number of imide groups is 2. The van der Waals surface area contributed by atoms with Gasteiger partial charge >= 0.3 is 11.7 Å². The van der Waals surface area contributed by atoms with Crippen molar-refractivity contribution in [2.24, 2.45) is 0 Å². The highest BCUT2D eigenvalue weighted by Crippen LogP contribution is 2.37. The number of anilines is 1. The first-order valence-electron chi connectivity index (χ1n) is 12.7. The van der Waals surface area contributed by atoms with E-state index in [4.69, 9.17) is 21.1 Å². The molecule has 0 aromatic heterocycles. The number of halogens is 1. The molecule has 4 amide bonds. The van der Waals surface area contributed by atoms with E-state index in [0.717, 1.165) is 34.7 Å². The second kappa shape index (κ2) is 12.4. The van der Waals surface area contributed by atoms with Gasteiger partial charge in [-0.1, -0.05) is 41.9 Å². The zero-order chi connectivity index (χ0) is 31.4. The van der Waals surface area contributed by atoms with Gasteiger partial charge in [-0.15, -0.1) is 0 Å². The Bertz CT molecular complexity index is 1840. The van der Waals surface area contributed by atoms with Gasteiger partial charge in [0.25, 0.3) is 17.5 Å². The Balaban J connectivity index is 1.43. The van der Waals surface area contributed by atoms with E-state index in [9.17, 15) is 34.6 Å². The monoisotopic (exact) mass is 614 g/mol. The maximum Gasteiger partial charge on any atom is 0.335 e. The van der Waals surface area contributed by atoms with E-state index in [1.165, 1.54) is 30.3 Å². The molecule has 1 N–H and O–H groups in total. The predicted octanol–water partition coefficient (Wildman–Crippen LogP) is 6.19. The summed E-state index contributed by atoms with van der Waals surface area (Å²) in [7, 11) is 0. The Hall–Kier alpha value is -6.08. The van der Waals surface area contributed by atoms with Crippen LogP contribution in [0.15, 0.2) is 96.6 Å². The number of nitro benzene ring substituents is 2. The smallest absolute Gasteiger partial charge is 0.335 e. The zero-order valence-corrected chi connectivity index (χ0v) is 23.1. The van der Waals surface area contributed by atoms with E-state index < -0.39 is 44.6 Å². The minimum absolute atomic E-state index is 0.0580. The molecule has 1 aliphatic heterocycles. The molecule has 0 atom stereocenters. The normalized spacial score (nSPS) is 13.9. The Morgan fingerprint density at radius 3 is 2.23 bits per heavy atom. The number of hydrogen-bond donors (Lipinski definition) is 1. The lowest BCUT2D eigenvalue weighted by atomic mass is 10.1. The van der Waals surface area contributed by atoms with E-state index in [1.807, 2.05) is 30.3 Å². The van der Waals surface area contributed by atoms with Crippen LogP contribution in [0.3, 0.4) is 0 Å². The van der Waals surface area contributed by atoms with E-state index in [-0.39, 0.29) is 27.8 Å². The van der Waals surface area contributed by atoms with Gasteiger partial charge in [-0.3, -0.25) is 35.1 Å². The van der Waals surface area contributed by atoms with Crippen molar-refractivity contribution in [2.45, 2.75) is 6.61 Å². The van der Waals surface area contributed by atoms with Crippen LogP contribution in [-0.2, 0) is 16.2 Å². The maximum atomic E-state index is 13.5. The minimum Gasteiger partial charge on any atom is -0.489 e. The van der Waals surface area contributed by atoms with Gasteiger partial charge in [0.05, 0.1) is 21.6 Å². The first-order valence-corrected chi connectivity index (χ1v) is 13.1. The molecule has 4 aromatic rings. The van der Waals surface area contributed by atoms with Gasteiger partial charge in [0.1, 0.15) is 23.7 Å². The second-order valence-electron chi connectivity index (χ2n) is 9.18. The van der Waals surface area contributed by atoms with Gasteiger partial charge in [0, 0.05) is 16.7 Å². The van der Waals surface area contributed by atoms with Crippen LogP contribution >= 0.6 is 11.6 Å². The predicted molar refractivity (Wildman–Crippen MR) is 157 cm³/mol. The summed E-state index contributed by atoms with van der Waals surface area (Å²) in [4.78, 5) is 60.7. The number of nitrogens with zero attached hydrogens (tertiary/aromatic N) is 3. The second-order valence-corrected chi connectivity index (χ2v) is 9.61. The molecule has 44 heavy (non-hydrogen) atoms. The summed E-state index contributed by atoms with van der Waals surface area (Å²) >= 11 is 6.15. The summed E-state index contributed by atoms with van der Waals surface area (Å²) in [6.07, 6.45) is 1.12. The number of amides is 4. The van der Waals surface area contributed by atoms with Crippen LogP contribution in [0.2, 0.25) is 5.02 Å². The van der Waals surface area contributed by atoms with Crippen LogP contribution in [0.25, 0.3) is 6.08 Å². The zero-order valence-electron chi connectivity index (χ0n) is 22.3. The molecule has 0 spiro atoms. The number of nitrogens with one attached hydrogen (secondary N) is 1. The molecule has 0 saturated carbocycles. The average Bonchev–Trinajstić information content (AvgIpc) is 3.00. The van der Waals surface area contributed by atoms with Crippen LogP contribution in [0.1, 0.15) is 11.1 Å². The van der Waals surface area contributed by atoms with Crippen molar-refractivity contribution in [3.63, 3.8) is 0 Å². The Kier molecular flexibility index (Phi) is 8.31. The number of barbiturate groups is 1. The van der Waals surface area contributed by atoms with Crippen molar-refractivity contribution in [1.29, 1.82) is 0 Å². The van der Waals surface area contributed by atoms with Gasteiger partial charge in [-0.2, -0.15) is 0 Å². The van der Waals surface area contributed by atoms with Gasteiger partial charge in [-0.05, 0) is 60.2 Å². The van der Waals surface area contributed by atoms with Crippen molar-refractivity contribution in [2.75, 3.05) is 4.90 Å². The molecule has 5 rings (SSSR count). The van der Waals surface area contributed by atoms with Crippen LogP contribution in [-0.4, -0.2) is 27.7 Å². The van der Waals surface area contributed by atoms with Gasteiger partial charge in [0.15, 0.2) is 0 Å². The highest BCUT2D eigenvalue weighted by Gasteiger charge is 2.37. The topological polar surface area (TPSA) is 171 Å². The number of rotatable bonds is 9. The third kappa shape index (κ3) is 6.37. The molecule has 0 radical (unpaired) electrons. The van der Waals surface area contributed by atoms with E-state index in [2.05, 4.69) is 5.32 Å². The summed E-state index contributed by atoms with van der Waals surface area (Å²) < 4.78 is 11.4. The van der Waals surface area contributed by atoms with E-state index >= 15 is 0 Å². The minimum atomic E-state index is -0.994. The number of benzene rings is 4. The summed E-state index contributed by atoms with van der Waals surface area (Å²) in [5, 5.41) is 25.0. The van der Waals surface area contributed by atoms with Gasteiger partial charge in [-0.25, -0.2) is 9.69 Å². The van der Waals surface area contributed by atoms with Crippen LogP contribution in [0.4, 0.5) is 21.9 Å². The molecular weight excluding hydrogens is 596 g/mol. The van der Waals surface area contributed by atoms with Gasteiger partial charge in [0.2, 0.25) is 5.75 Å². The number of carbonyl (C=O) groups is 3. The molecule has 1 fully saturated rings. The number of hydrogen-bond acceptors (Lipinski definition) is 9. The molecule has 1 saturated heterocycles. The van der Waals surface area contributed by atoms with E-state index in [0.29, 0.717) is 12.4 Å². The number of urea groups is 1. The molecular formula is C30H19ClN4O9. The third-order valence-corrected chi connectivity index (χ3v) is 6.52. The lowest BCUT2D eigenvalue weighted by molar-refractivity contribution is -0.394. The number of ether oxygens (including phenoxy) is 2. The first-order chi connectivity index (χ1) is 21.1. The summed E-state index contributed by atoms with van der Waals surface area (Å²) in [5.41, 5.74) is -0.508. The molecule has 0 bridgehead atoms. The highest BCUT2D eigenvalue weighted by atomic mass is 35.5. The van der Waals surface area contributed by atoms with E-state index in [1.54, 1.807) is 12.1 Å².